The minimum absolute atomic E-state index is 0.747. The molecule has 0 aliphatic carbocycles. The zero-order valence-electron chi connectivity index (χ0n) is 13.2. The summed E-state index contributed by atoms with van der Waals surface area (Å²) in [4.78, 5) is 13.3. The van der Waals surface area contributed by atoms with Gasteiger partial charge in [-0.15, -0.1) is 0 Å². The van der Waals surface area contributed by atoms with Crippen LogP contribution in [0.25, 0.3) is 5.57 Å². The molecule has 1 aromatic carbocycles. The van der Waals surface area contributed by atoms with E-state index in [-0.39, 0.29) is 0 Å². The first-order valence-electron chi connectivity index (χ1n) is 7.78. The minimum Gasteiger partial charge on any atom is -0.347 e. The fourth-order valence-corrected chi connectivity index (χ4v) is 3.05. The summed E-state index contributed by atoms with van der Waals surface area (Å²) in [5.41, 5.74) is 5.78. The van der Waals surface area contributed by atoms with E-state index in [1.807, 2.05) is 12.1 Å². The highest BCUT2D eigenvalue weighted by Crippen LogP contribution is 2.31. The number of benzene rings is 1. The number of aromatic nitrogens is 1. The fourth-order valence-electron chi connectivity index (χ4n) is 3.05. The predicted octanol–water partition coefficient (Wildman–Crippen LogP) is 3.24. The maximum absolute atomic E-state index is 11.2. The molecule has 0 saturated carbocycles. The highest BCUT2D eigenvalue weighted by Gasteiger charge is 2.17. The Morgan fingerprint density at radius 2 is 2.14 bits per heavy atom. The molecule has 0 atom stereocenters. The first-order chi connectivity index (χ1) is 10.7. The average molecular weight is 294 g/mol. The Hall–Kier alpha value is -2.13. The summed E-state index contributed by atoms with van der Waals surface area (Å²) in [5.74, 6) is 0. The molecule has 0 N–H and O–H groups in total. The molecule has 0 spiro atoms. The van der Waals surface area contributed by atoms with Gasteiger partial charge in [0, 0.05) is 36.1 Å². The van der Waals surface area contributed by atoms with Crippen LogP contribution in [-0.4, -0.2) is 36.4 Å². The van der Waals surface area contributed by atoms with Crippen molar-refractivity contribution in [2.75, 3.05) is 20.6 Å². The van der Waals surface area contributed by atoms with Crippen LogP contribution in [0.3, 0.4) is 0 Å². The van der Waals surface area contributed by atoms with Gasteiger partial charge in [-0.25, -0.2) is 0 Å². The lowest BCUT2D eigenvalue weighted by Crippen LogP contribution is -2.12. The van der Waals surface area contributed by atoms with Crippen LogP contribution in [0.5, 0.6) is 0 Å². The summed E-state index contributed by atoms with van der Waals surface area (Å²) in [6.45, 7) is 2.01. The van der Waals surface area contributed by atoms with E-state index in [4.69, 9.17) is 0 Å². The number of hydrogen-bond donors (Lipinski definition) is 0. The van der Waals surface area contributed by atoms with Crippen LogP contribution in [0, 0.1) is 0 Å². The molecular formula is C19H22N2O. The molecule has 0 saturated heterocycles. The van der Waals surface area contributed by atoms with Crippen LogP contribution in [0.2, 0.25) is 0 Å². The van der Waals surface area contributed by atoms with Gasteiger partial charge in [-0.3, -0.25) is 4.79 Å². The largest absolute Gasteiger partial charge is 0.347 e. The first-order valence-corrected chi connectivity index (χ1v) is 7.78. The third-order valence-electron chi connectivity index (χ3n) is 4.21. The Kier molecular flexibility index (Phi) is 4.25. The third kappa shape index (κ3) is 2.90. The second kappa shape index (κ2) is 6.32. The molecule has 0 fully saturated rings. The van der Waals surface area contributed by atoms with E-state index in [1.54, 1.807) is 0 Å². The monoisotopic (exact) mass is 294 g/mol. The highest BCUT2D eigenvalue weighted by atomic mass is 16.1. The van der Waals surface area contributed by atoms with Crippen molar-refractivity contribution in [3.05, 3.63) is 65.0 Å². The lowest BCUT2D eigenvalue weighted by molar-refractivity contribution is 0.112. The number of nitrogens with zero attached hydrogens (tertiary/aromatic N) is 2. The summed E-state index contributed by atoms with van der Waals surface area (Å²) in [6, 6.07) is 10.3. The molecule has 3 nitrogen and oxygen atoms in total. The van der Waals surface area contributed by atoms with Crippen molar-refractivity contribution in [1.29, 1.82) is 0 Å². The van der Waals surface area contributed by atoms with Gasteiger partial charge in [-0.05, 0) is 56.3 Å². The minimum atomic E-state index is 0.747. The van der Waals surface area contributed by atoms with Crippen LogP contribution in [0.15, 0.2) is 42.6 Å². The van der Waals surface area contributed by atoms with Gasteiger partial charge in [0.05, 0.1) is 0 Å². The quantitative estimate of drug-likeness (QED) is 0.809. The molecule has 1 aliphatic heterocycles. The van der Waals surface area contributed by atoms with Crippen LogP contribution in [-0.2, 0) is 13.0 Å². The number of aryl methyl sites for hydroxylation is 2. The SMILES string of the molecule is CN(C)CC/C=C1\c2cc(C=O)ccc2CCn2cccc21. The van der Waals surface area contributed by atoms with Gasteiger partial charge in [0.1, 0.15) is 6.29 Å². The molecule has 114 valence electrons. The standard InChI is InChI=1S/C19H22N2O/c1-20(2)10-3-5-17-18-13-15(14-22)7-8-16(18)9-12-21-11-4-6-19(17)21/h4-8,11,13-14H,3,9-10,12H2,1-2H3/b17-5+. The van der Waals surface area contributed by atoms with Crippen molar-refractivity contribution in [2.24, 2.45) is 0 Å². The Labute approximate surface area is 131 Å². The molecule has 0 amide bonds. The van der Waals surface area contributed by atoms with E-state index >= 15 is 0 Å². The molecule has 1 aromatic heterocycles. The molecule has 22 heavy (non-hydrogen) atoms. The normalized spacial score (nSPS) is 15.5. The Morgan fingerprint density at radius 3 is 2.91 bits per heavy atom. The second-order valence-corrected chi connectivity index (χ2v) is 6.08. The van der Waals surface area contributed by atoms with E-state index in [0.29, 0.717) is 0 Å². The molecule has 2 heterocycles. The van der Waals surface area contributed by atoms with E-state index in [2.05, 4.69) is 54.0 Å². The smallest absolute Gasteiger partial charge is 0.150 e. The molecule has 0 unspecified atom stereocenters. The van der Waals surface area contributed by atoms with Gasteiger partial charge < -0.3 is 9.47 Å². The van der Waals surface area contributed by atoms with Gasteiger partial charge in [-0.1, -0.05) is 18.2 Å². The predicted molar refractivity (Wildman–Crippen MR) is 90.2 cm³/mol. The van der Waals surface area contributed by atoms with Crippen molar-refractivity contribution < 1.29 is 4.79 Å². The molecule has 3 rings (SSSR count). The number of carbonyl (C=O) groups is 1. The second-order valence-electron chi connectivity index (χ2n) is 6.08. The van der Waals surface area contributed by atoms with Gasteiger partial charge >= 0.3 is 0 Å². The van der Waals surface area contributed by atoms with E-state index in [1.165, 1.54) is 22.4 Å². The van der Waals surface area contributed by atoms with Crippen LogP contribution >= 0.6 is 0 Å². The van der Waals surface area contributed by atoms with Crippen molar-refractivity contribution in [3.8, 4) is 0 Å². The van der Waals surface area contributed by atoms with E-state index < -0.39 is 0 Å². The van der Waals surface area contributed by atoms with Gasteiger partial charge in [0.2, 0.25) is 0 Å². The molecule has 0 radical (unpaired) electrons. The summed E-state index contributed by atoms with van der Waals surface area (Å²) in [7, 11) is 4.18. The zero-order chi connectivity index (χ0) is 15.5. The van der Waals surface area contributed by atoms with Crippen molar-refractivity contribution in [2.45, 2.75) is 19.4 Å². The Balaban J connectivity index is 2.08. The molecule has 2 aromatic rings. The Bertz CT molecular complexity index is 710. The van der Waals surface area contributed by atoms with Crippen molar-refractivity contribution in [1.82, 2.24) is 9.47 Å². The maximum Gasteiger partial charge on any atom is 0.150 e. The fraction of sp³-hybridized carbons (Fsp3) is 0.316. The average Bonchev–Trinajstić information content (AvgIpc) is 2.92. The third-order valence-corrected chi connectivity index (χ3v) is 4.21. The van der Waals surface area contributed by atoms with Gasteiger partial charge in [-0.2, -0.15) is 0 Å². The Morgan fingerprint density at radius 1 is 1.27 bits per heavy atom. The number of rotatable bonds is 4. The summed E-state index contributed by atoms with van der Waals surface area (Å²) < 4.78 is 2.31. The topological polar surface area (TPSA) is 25.2 Å². The highest BCUT2D eigenvalue weighted by molar-refractivity contribution is 5.84. The molecular weight excluding hydrogens is 272 g/mol. The van der Waals surface area contributed by atoms with Crippen LogP contribution < -0.4 is 0 Å². The number of hydrogen-bond acceptors (Lipinski definition) is 2. The summed E-state index contributed by atoms with van der Waals surface area (Å²) in [6.07, 6.45) is 7.38. The lowest BCUT2D eigenvalue weighted by Gasteiger charge is -2.12. The zero-order valence-corrected chi connectivity index (χ0v) is 13.2. The van der Waals surface area contributed by atoms with Crippen LogP contribution in [0.4, 0.5) is 0 Å². The van der Waals surface area contributed by atoms with Gasteiger partial charge in [0.25, 0.3) is 0 Å². The van der Waals surface area contributed by atoms with Crippen LogP contribution in [0.1, 0.15) is 33.6 Å². The summed E-state index contributed by atoms with van der Waals surface area (Å²) in [5, 5.41) is 0. The first kappa shape index (κ1) is 14.8. The molecule has 3 heteroatoms. The maximum atomic E-state index is 11.2. The van der Waals surface area contributed by atoms with Crippen molar-refractivity contribution in [3.63, 3.8) is 0 Å². The lowest BCUT2D eigenvalue weighted by atomic mass is 9.94. The summed E-state index contributed by atoms with van der Waals surface area (Å²) >= 11 is 0. The van der Waals surface area contributed by atoms with Gasteiger partial charge in [0.15, 0.2) is 0 Å². The van der Waals surface area contributed by atoms with E-state index in [9.17, 15) is 4.79 Å². The number of aldehydes is 1. The van der Waals surface area contributed by atoms with E-state index in [0.717, 1.165) is 37.8 Å². The van der Waals surface area contributed by atoms with Crippen molar-refractivity contribution >= 4 is 11.9 Å². The number of fused-ring (bicyclic) bond motifs is 2. The molecule has 1 aliphatic rings. The molecule has 0 bridgehead atoms. The number of carbonyl (C=O) groups excluding carboxylic acids is 1.